The van der Waals surface area contributed by atoms with E-state index in [1.807, 2.05) is 19.0 Å². The van der Waals surface area contributed by atoms with E-state index < -0.39 is 0 Å². The summed E-state index contributed by atoms with van der Waals surface area (Å²) in [6.45, 7) is 2.14. The number of rotatable bonds is 5. The van der Waals surface area contributed by atoms with Gasteiger partial charge >= 0.3 is 120 Å². The number of benzene rings is 1. The van der Waals surface area contributed by atoms with Crippen LogP contribution in [0.4, 0.5) is 0 Å². The van der Waals surface area contributed by atoms with Gasteiger partial charge in [-0.2, -0.15) is 0 Å². The molecular weight excluding hydrogens is 341 g/mol. The van der Waals surface area contributed by atoms with Crippen molar-refractivity contribution in [2.24, 2.45) is 0 Å². The number of hydrogen-bond donors (Lipinski definition) is 0. The molecule has 0 spiro atoms. The maximum absolute atomic E-state index is 11.7. The van der Waals surface area contributed by atoms with Gasteiger partial charge in [0, 0.05) is 0 Å². The molecule has 1 unspecified atom stereocenters. The van der Waals surface area contributed by atoms with Gasteiger partial charge in [-0.3, -0.25) is 0 Å². The molecule has 0 saturated carbocycles. The van der Waals surface area contributed by atoms with Crippen molar-refractivity contribution in [3.8, 4) is 0 Å². The summed E-state index contributed by atoms with van der Waals surface area (Å²) in [6.07, 6.45) is 0.697. The molecular formula is C14H21INO2-. The number of likely N-dealkylation sites (N-methyl/N-ethyl adjacent to an activating group) is 1. The molecule has 1 aromatic carbocycles. The van der Waals surface area contributed by atoms with Crippen LogP contribution in [0.1, 0.15) is 11.1 Å². The third-order valence-corrected chi connectivity index (χ3v) is 5.32. The third-order valence-electron chi connectivity index (χ3n) is 2.95. The van der Waals surface area contributed by atoms with Gasteiger partial charge in [0.2, 0.25) is 0 Å². The van der Waals surface area contributed by atoms with E-state index in [0.717, 1.165) is 0 Å². The Balaban J connectivity index is 2.87. The van der Waals surface area contributed by atoms with E-state index in [1.54, 1.807) is 0 Å². The van der Waals surface area contributed by atoms with Crippen LogP contribution < -0.4 is 21.2 Å². The van der Waals surface area contributed by atoms with E-state index in [2.05, 4.69) is 30.1 Å². The molecule has 1 aromatic rings. The fourth-order valence-electron chi connectivity index (χ4n) is 1.88. The van der Waals surface area contributed by atoms with Crippen molar-refractivity contribution in [2.45, 2.75) is 19.4 Å². The van der Waals surface area contributed by atoms with Crippen molar-refractivity contribution in [2.75, 3.05) is 26.1 Å². The molecule has 18 heavy (non-hydrogen) atoms. The molecule has 0 bridgehead atoms. The van der Waals surface area contributed by atoms with Gasteiger partial charge in [0.1, 0.15) is 0 Å². The van der Waals surface area contributed by atoms with Gasteiger partial charge in [0.05, 0.1) is 0 Å². The predicted molar refractivity (Wildman–Crippen MR) is 69.0 cm³/mol. The Morgan fingerprint density at radius 3 is 2.56 bits per heavy atom. The standard InChI is InChI=1S/C14H21INO2/c1-10-8-11(6-7-12(10)15-2)9-13(16(3)4)14(17)18-5/h6-8,13H,9H2,1-5H3/q-1. The molecule has 0 aliphatic carbocycles. The second-order valence-corrected chi connectivity index (χ2v) is 6.72. The Kier molecular flexibility index (Phi) is 6.08. The first-order valence-electron chi connectivity index (χ1n) is 5.82. The molecule has 0 aromatic heterocycles. The van der Waals surface area contributed by atoms with Gasteiger partial charge in [-0.15, -0.1) is 0 Å². The van der Waals surface area contributed by atoms with Crippen LogP contribution in [0.25, 0.3) is 0 Å². The SMILES string of the molecule is COC(=O)C(Cc1ccc([I-]C)c(C)c1)N(C)C. The molecule has 102 valence electrons. The fourth-order valence-corrected chi connectivity index (χ4v) is 3.43. The Morgan fingerprint density at radius 2 is 2.11 bits per heavy atom. The summed E-state index contributed by atoms with van der Waals surface area (Å²) in [4.78, 5) is 15.9. The molecule has 0 N–H and O–H groups in total. The van der Waals surface area contributed by atoms with Gasteiger partial charge in [-0.1, -0.05) is 0 Å². The van der Waals surface area contributed by atoms with Gasteiger partial charge < -0.3 is 0 Å². The summed E-state index contributed by atoms with van der Waals surface area (Å²) in [5.41, 5.74) is 2.53. The topological polar surface area (TPSA) is 29.5 Å². The first kappa shape index (κ1) is 15.4. The molecule has 0 amide bonds. The summed E-state index contributed by atoms with van der Waals surface area (Å²) >= 11 is 0.123. The molecule has 0 fully saturated rings. The van der Waals surface area contributed by atoms with E-state index in [-0.39, 0.29) is 33.2 Å². The quantitative estimate of drug-likeness (QED) is 0.364. The minimum absolute atomic E-state index is 0.123. The molecule has 0 aliphatic heterocycles. The van der Waals surface area contributed by atoms with Crippen LogP contribution in [0, 0.1) is 10.5 Å². The Bertz CT molecular complexity index is 418. The van der Waals surface area contributed by atoms with E-state index in [9.17, 15) is 4.79 Å². The average Bonchev–Trinajstić information content (AvgIpc) is 2.35. The van der Waals surface area contributed by atoms with E-state index in [4.69, 9.17) is 4.74 Å². The first-order valence-corrected chi connectivity index (χ1v) is 9.06. The van der Waals surface area contributed by atoms with Crippen molar-refractivity contribution in [3.05, 3.63) is 32.9 Å². The monoisotopic (exact) mass is 362 g/mol. The number of carbonyl (C=O) groups excluding carboxylic acids is 1. The van der Waals surface area contributed by atoms with Crippen LogP contribution >= 0.6 is 0 Å². The normalized spacial score (nSPS) is 12.8. The second kappa shape index (κ2) is 7.09. The van der Waals surface area contributed by atoms with Crippen LogP contribution in [-0.4, -0.2) is 43.0 Å². The summed E-state index contributed by atoms with van der Waals surface area (Å²) in [7, 11) is 5.25. The third kappa shape index (κ3) is 3.95. The van der Waals surface area contributed by atoms with Crippen LogP contribution in [0.3, 0.4) is 0 Å². The number of hydrogen-bond acceptors (Lipinski definition) is 3. The van der Waals surface area contributed by atoms with E-state index in [1.165, 1.54) is 21.8 Å². The van der Waals surface area contributed by atoms with Gasteiger partial charge in [-0.25, -0.2) is 0 Å². The van der Waals surface area contributed by atoms with Crippen molar-refractivity contribution >= 4 is 5.97 Å². The zero-order chi connectivity index (χ0) is 13.7. The molecule has 0 radical (unpaired) electrons. The summed E-state index contributed by atoms with van der Waals surface area (Å²) in [5, 5.41) is 0. The van der Waals surface area contributed by atoms with Crippen LogP contribution in [0.2, 0.25) is 0 Å². The van der Waals surface area contributed by atoms with Crippen LogP contribution in [0.5, 0.6) is 0 Å². The number of halogens is 1. The summed E-state index contributed by atoms with van der Waals surface area (Å²) < 4.78 is 6.32. The number of carbonyl (C=O) groups is 1. The van der Waals surface area contributed by atoms with E-state index in [0.29, 0.717) is 6.42 Å². The molecule has 1 atom stereocenters. The Hall–Kier alpha value is -0.620. The minimum atomic E-state index is -0.212. The number of nitrogens with zero attached hydrogens (tertiary/aromatic N) is 1. The van der Waals surface area contributed by atoms with Gasteiger partial charge in [0.25, 0.3) is 0 Å². The number of ether oxygens (including phenoxy) is 1. The summed E-state index contributed by atoms with van der Waals surface area (Å²) in [5.74, 6) is -0.176. The van der Waals surface area contributed by atoms with Gasteiger partial charge in [0.15, 0.2) is 0 Å². The molecule has 0 heterocycles. The van der Waals surface area contributed by atoms with Crippen molar-refractivity contribution in [1.29, 1.82) is 0 Å². The number of aryl methyl sites for hydroxylation is 1. The fraction of sp³-hybridized carbons (Fsp3) is 0.500. The average molecular weight is 362 g/mol. The number of esters is 1. The first-order chi connectivity index (χ1) is 8.49. The molecule has 1 rings (SSSR count). The maximum atomic E-state index is 11.7. The van der Waals surface area contributed by atoms with Crippen molar-refractivity contribution < 1.29 is 30.7 Å². The van der Waals surface area contributed by atoms with E-state index >= 15 is 0 Å². The number of methoxy groups -OCH3 is 1. The zero-order valence-electron chi connectivity index (χ0n) is 11.7. The Labute approximate surface area is 120 Å². The molecule has 3 nitrogen and oxygen atoms in total. The number of alkyl halides is 1. The summed E-state index contributed by atoms with van der Waals surface area (Å²) in [6, 6.07) is 6.31. The molecule has 4 heteroatoms. The van der Waals surface area contributed by atoms with Crippen molar-refractivity contribution in [3.63, 3.8) is 0 Å². The van der Waals surface area contributed by atoms with Crippen LogP contribution in [0.15, 0.2) is 18.2 Å². The second-order valence-electron chi connectivity index (χ2n) is 4.48. The van der Waals surface area contributed by atoms with Crippen molar-refractivity contribution in [1.82, 2.24) is 4.90 Å². The zero-order valence-corrected chi connectivity index (χ0v) is 13.8. The van der Waals surface area contributed by atoms with Crippen LogP contribution in [-0.2, 0) is 16.0 Å². The molecule has 0 aliphatic rings. The predicted octanol–water partition coefficient (Wildman–Crippen LogP) is -1.47. The Morgan fingerprint density at radius 1 is 1.44 bits per heavy atom. The molecule has 0 saturated heterocycles. The van der Waals surface area contributed by atoms with Gasteiger partial charge in [-0.05, 0) is 0 Å².